The first-order valence-corrected chi connectivity index (χ1v) is 11.4. The van der Waals surface area contributed by atoms with Crippen molar-refractivity contribution in [1.82, 2.24) is 4.72 Å². The molecule has 1 unspecified atom stereocenters. The highest BCUT2D eigenvalue weighted by Crippen LogP contribution is 2.25. The van der Waals surface area contributed by atoms with Gasteiger partial charge in [0.15, 0.2) is 0 Å². The Balaban J connectivity index is 1.91. The third-order valence-electron chi connectivity index (χ3n) is 4.62. The van der Waals surface area contributed by atoms with E-state index in [0.29, 0.717) is 10.7 Å². The zero-order chi connectivity index (χ0) is 22.4. The van der Waals surface area contributed by atoms with Crippen LogP contribution in [0.2, 0.25) is 5.02 Å². The lowest BCUT2D eigenvalue weighted by molar-refractivity contribution is -0.117. The van der Waals surface area contributed by atoms with Crippen molar-refractivity contribution in [3.63, 3.8) is 0 Å². The molecule has 0 saturated heterocycles. The summed E-state index contributed by atoms with van der Waals surface area (Å²) in [6.07, 6.45) is 0.174. The van der Waals surface area contributed by atoms with Gasteiger partial charge < -0.3 is 10.1 Å². The monoisotopic (exact) mass is 458 g/mol. The molecule has 0 radical (unpaired) electrons. The number of methoxy groups -OCH3 is 1. The van der Waals surface area contributed by atoms with E-state index in [1.165, 1.54) is 13.2 Å². The summed E-state index contributed by atoms with van der Waals surface area (Å²) in [5.74, 6) is -0.281. The summed E-state index contributed by atoms with van der Waals surface area (Å²) in [7, 11) is -2.64. The van der Waals surface area contributed by atoms with Gasteiger partial charge in [0.1, 0.15) is 16.7 Å². The van der Waals surface area contributed by atoms with E-state index in [2.05, 4.69) is 10.0 Å². The zero-order valence-electron chi connectivity index (χ0n) is 17.1. The molecule has 1 amide bonds. The van der Waals surface area contributed by atoms with Crippen molar-refractivity contribution < 1.29 is 17.9 Å². The minimum absolute atomic E-state index is 0.0210. The maximum absolute atomic E-state index is 13.2. The molecule has 3 aromatic carbocycles. The first-order valence-electron chi connectivity index (χ1n) is 9.56. The van der Waals surface area contributed by atoms with Crippen LogP contribution in [-0.2, 0) is 21.2 Å². The fourth-order valence-corrected chi connectivity index (χ4v) is 4.62. The number of amides is 1. The van der Waals surface area contributed by atoms with Gasteiger partial charge in [0.2, 0.25) is 15.9 Å². The molecule has 0 aromatic heterocycles. The van der Waals surface area contributed by atoms with E-state index >= 15 is 0 Å². The van der Waals surface area contributed by atoms with E-state index in [1.54, 1.807) is 43.3 Å². The number of hydrogen-bond acceptors (Lipinski definition) is 4. The number of halogens is 1. The molecule has 0 bridgehead atoms. The lowest BCUT2D eigenvalue weighted by atomic mass is 10.1. The van der Waals surface area contributed by atoms with E-state index in [4.69, 9.17) is 16.3 Å². The molecule has 2 N–H and O–H groups in total. The molecule has 1 atom stereocenters. The number of rotatable bonds is 8. The third-order valence-corrected chi connectivity index (χ3v) is 6.36. The lowest BCUT2D eigenvalue weighted by Gasteiger charge is -2.20. The van der Waals surface area contributed by atoms with Gasteiger partial charge in [0.05, 0.1) is 7.11 Å². The molecular weight excluding hydrogens is 436 g/mol. The van der Waals surface area contributed by atoms with E-state index < -0.39 is 22.0 Å². The molecule has 0 aliphatic heterocycles. The van der Waals surface area contributed by atoms with Crippen LogP contribution in [0.4, 0.5) is 5.69 Å². The summed E-state index contributed by atoms with van der Waals surface area (Å²) in [6, 6.07) is 19.6. The molecule has 3 rings (SSSR count). The van der Waals surface area contributed by atoms with E-state index in [9.17, 15) is 13.2 Å². The normalized spacial score (nSPS) is 12.2. The lowest BCUT2D eigenvalue weighted by Crippen LogP contribution is -2.45. The van der Waals surface area contributed by atoms with Gasteiger partial charge in [-0.15, -0.1) is 0 Å². The highest BCUT2D eigenvalue weighted by atomic mass is 35.5. The van der Waals surface area contributed by atoms with Crippen LogP contribution in [-0.4, -0.2) is 27.5 Å². The first-order chi connectivity index (χ1) is 14.8. The number of sulfonamides is 1. The number of carbonyl (C=O) groups excluding carboxylic acids is 1. The highest BCUT2D eigenvalue weighted by Gasteiger charge is 2.28. The van der Waals surface area contributed by atoms with Crippen LogP contribution in [0.15, 0.2) is 77.7 Å². The van der Waals surface area contributed by atoms with Crippen molar-refractivity contribution in [3.05, 3.63) is 88.9 Å². The van der Waals surface area contributed by atoms with E-state index in [0.717, 1.165) is 11.1 Å². The molecule has 0 saturated carbocycles. The van der Waals surface area contributed by atoms with Gasteiger partial charge in [0.25, 0.3) is 0 Å². The van der Waals surface area contributed by atoms with Crippen molar-refractivity contribution in [1.29, 1.82) is 0 Å². The summed E-state index contributed by atoms with van der Waals surface area (Å²) in [5.41, 5.74) is 2.09. The molecule has 162 valence electrons. The van der Waals surface area contributed by atoms with Crippen molar-refractivity contribution in [2.24, 2.45) is 0 Å². The van der Waals surface area contributed by atoms with Crippen molar-refractivity contribution in [2.45, 2.75) is 24.3 Å². The fourth-order valence-electron chi connectivity index (χ4n) is 3.04. The molecule has 0 aliphatic carbocycles. The molecule has 3 aromatic rings. The van der Waals surface area contributed by atoms with Gasteiger partial charge in [-0.3, -0.25) is 4.79 Å². The Bertz CT molecular complexity index is 1150. The Hall–Kier alpha value is -2.87. The van der Waals surface area contributed by atoms with Gasteiger partial charge in [-0.05, 0) is 60.9 Å². The van der Waals surface area contributed by atoms with Crippen LogP contribution in [0.25, 0.3) is 0 Å². The topological polar surface area (TPSA) is 84.5 Å². The number of ether oxygens (including phenoxy) is 1. The standard InChI is InChI=1S/C23H23ClN2O4S/c1-16-8-13-21(30-2)22(14-16)31(28,29)26-20(15-17-6-4-3-5-7-17)23(27)25-19-11-9-18(24)10-12-19/h3-14,20,26H,15H2,1-2H3,(H,25,27). The molecule has 0 spiro atoms. The van der Waals surface area contributed by atoms with Crippen LogP contribution in [0.3, 0.4) is 0 Å². The van der Waals surface area contributed by atoms with E-state index in [1.807, 2.05) is 30.3 Å². The number of benzene rings is 3. The quantitative estimate of drug-likeness (QED) is 0.530. The van der Waals surface area contributed by atoms with Crippen LogP contribution in [0.5, 0.6) is 5.75 Å². The van der Waals surface area contributed by atoms with Crippen molar-refractivity contribution >= 4 is 33.2 Å². The summed E-state index contributed by atoms with van der Waals surface area (Å²) in [4.78, 5) is 13.0. The predicted octanol–water partition coefficient (Wildman–Crippen LogP) is 4.19. The third kappa shape index (κ3) is 6.07. The summed E-state index contributed by atoms with van der Waals surface area (Å²) in [5, 5.41) is 3.28. The highest BCUT2D eigenvalue weighted by molar-refractivity contribution is 7.89. The molecule has 6 nitrogen and oxygen atoms in total. The van der Waals surface area contributed by atoms with Crippen LogP contribution < -0.4 is 14.8 Å². The zero-order valence-corrected chi connectivity index (χ0v) is 18.7. The SMILES string of the molecule is COc1ccc(C)cc1S(=O)(=O)NC(Cc1ccccc1)C(=O)Nc1ccc(Cl)cc1. The number of aryl methyl sites for hydroxylation is 1. The average molecular weight is 459 g/mol. The maximum atomic E-state index is 13.2. The Kier molecular flexibility index (Phi) is 7.33. The summed E-state index contributed by atoms with van der Waals surface area (Å²) < 4.78 is 34.1. The smallest absolute Gasteiger partial charge is 0.245 e. The summed E-state index contributed by atoms with van der Waals surface area (Å²) in [6.45, 7) is 1.78. The van der Waals surface area contributed by atoms with Gasteiger partial charge in [-0.25, -0.2) is 8.42 Å². The minimum Gasteiger partial charge on any atom is -0.495 e. The van der Waals surface area contributed by atoms with Crippen molar-refractivity contribution in [2.75, 3.05) is 12.4 Å². The summed E-state index contributed by atoms with van der Waals surface area (Å²) >= 11 is 5.90. The minimum atomic E-state index is -4.05. The number of carbonyl (C=O) groups is 1. The van der Waals surface area contributed by atoms with Crippen LogP contribution in [0, 0.1) is 6.92 Å². The second-order valence-electron chi connectivity index (χ2n) is 7.01. The second-order valence-corrected chi connectivity index (χ2v) is 9.13. The van der Waals surface area contributed by atoms with Crippen molar-refractivity contribution in [3.8, 4) is 5.75 Å². The number of hydrogen-bond donors (Lipinski definition) is 2. The van der Waals surface area contributed by atoms with Crippen LogP contribution in [0.1, 0.15) is 11.1 Å². The van der Waals surface area contributed by atoms with E-state index in [-0.39, 0.29) is 17.1 Å². The Morgan fingerprint density at radius 2 is 1.71 bits per heavy atom. The average Bonchev–Trinajstić information content (AvgIpc) is 2.75. The molecule has 0 fully saturated rings. The van der Waals surface area contributed by atoms with Gasteiger partial charge in [-0.2, -0.15) is 4.72 Å². The molecule has 8 heteroatoms. The number of nitrogens with one attached hydrogen (secondary N) is 2. The molecule has 0 heterocycles. The second kappa shape index (κ2) is 9.96. The van der Waals surface area contributed by atoms with Crippen LogP contribution >= 0.6 is 11.6 Å². The Morgan fingerprint density at radius 3 is 2.35 bits per heavy atom. The van der Waals surface area contributed by atoms with Gasteiger partial charge in [-0.1, -0.05) is 48.0 Å². The molecule has 31 heavy (non-hydrogen) atoms. The Labute approximate surface area is 187 Å². The number of anilines is 1. The fraction of sp³-hybridized carbons (Fsp3) is 0.174. The molecule has 0 aliphatic rings. The largest absolute Gasteiger partial charge is 0.495 e. The van der Waals surface area contributed by atoms with Gasteiger partial charge >= 0.3 is 0 Å². The maximum Gasteiger partial charge on any atom is 0.245 e. The first kappa shape index (κ1) is 22.8. The molecular formula is C23H23ClN2O4S. The van der Waals surface area contributed by atoms with Gasteiger partial charge in [0, 0.05) is 10.7 Å². The predicted molar refractivity (Wildman–Crippen MR) is 122 cm³/mol. The Morgan fingerprint density at radius 1 is 1.03 bits per heavy atom.